The quantitative estimate of drug-likeness (QED) is 0.369. The van der Waals surface area contributed by atoms with Gasteiger partial charge in [-0.25, -0.2) is 0 Å². The zero-order valence-electron chi connectivity index (χ0n) is 1.75. The molecule has 0 aromatic rings. The van der Waals surface area contributed by atoms with E-state index >= 15 is 0 Å². The lowest BCUT2D eigenvalue weighted by Gasteiger charge is -1.81. The van der Waals surface area contributed by atoms with Crippen molar-refractivity contribution in [2.45, 2.75) is 0 Å². The van der Waals surface area contributed by atoms with Crippen LogP contribution in [0.1, 0.15) is 0 Å². The summed E-state index contributed by atoms with van der Waals surface area (Å²) in [4.78, 5) is 0. The Kier molecular flexibility index (Phi) is 1.14. The molecule has 0 saturated heterocycles. The minimum absolute atomic E-state index is 1.25. The summed E-state index contributed by atoms with van der Waals surface area (Å²) < 4.78 is 0. The first kappa shape index (κ1) is 3.84. The molecule has 0 rings (SSSR count). The van der Waals surface area contributed by atoms with Crippen LogP contribution in [0.15, 0.2) is 0 Å². The predicted octanol–water partition coefficient (Wildman–Crippen LogP) is -0.597. The van der Waals surface area contributed by atoms with Crippen LogP contribution in [-0.4, -0.2) is 10.4 Å². The highest BCUT2D eigenvalue weighted by Crippen LogP contribution is 1.42. The Morgan fingerprint density at radius 3 is 1.50 bits per heavy atom. The van der Waals surface area contributed by atoms with E-state index in [-0.39, 0.29) is 0 Å². The second-order valence-electron chi connectivity index (χ2n) is 0.253. The minimum atomic E-state index is -1.25. The highest BCUT2D eigenvalue weighted by molar-refractivity contribution is 4.10. The Labute approximate surface area is 22.4 Å². The Morgan fingerprint density at radius 2 is 1.50 bits per heavy atom. The van der Waals surface area contributed by atoms with E-state index in [9.17, 15) is 0 Å². The first-order valence-corrected chi connectivity index (χ1v) is 0.583. The summed E-state index contributed by atoms with van der Waals surface area (Å²) in [6, 6.07) is 0. The monoisotopic (exact) mass is 64.0 g/mol. The van der Waals surface area contributed by atoms with Crippen LogP contribution in [0.4, 0.5) is 0 Å². The second-order valence-corrected chi connectivity index (χ2v) is 0.253. The molecule has 4 heavy (non-hydrogen) atoms. The zero-order valence-corrected chi connectivity index (χ0v) is 1.75. The van der Waals surface area contributed by atoms with Crippen LogP contribution in [0.5, 0.6) is 0 Å². The topological polar surface area (TPSA) is 69.4 Å². The Balaban J connectivity index is 2.32. The molecule has 0 saturated carbocycles. The molecular weight excluding hydrogens is 62.0 g/mol. The van der Waals surface area contributed by atoms with Crippen molar-refractivity contribution in [1.29, 1.82) is 0 Å². The summed E-state index contributed by atoms with van der Waals surface area (Å²) in [6.45, 7) is 0. The molecule has 0 atom stereocenters. The van der Waals surface area contributed by atoms with Gasteiger partial charge in [0.1, 0.15) is 5.39 Å². The van der Waals surface area contributed by atoms with E-state index in [0.29, 0.717) is 0 Å². The van der Waals surface area contributed by atoms with Crippen molar-refractivity contribution in [3.8, 4) is 0 Å². The normalized spacial score (nSPS) is 9.00. The van der Waals surface area contributed by atoms with Gasteiger partial charge >= 0.3 is 0 Å². The maximum Gasteiger partial charge on any atom is 0.146 e. The third-order valence-electron chi connectivity index (χ3n) is 0. The molecule has 0 aromatic heterocycles. The van der Waals surface area contributed by atoms with E-state index in [0.717, 1.165) is 0 Å². The summed E-state index contributed by atoms with van der Waals surface area (Å²) in [5.41, 5.74) is 0. The van der Waals surface area contributed by atoms with Crippen LogP contribution in [0.25, 0.3) is 0 Å². The smallest absolute Gasteiger partial charge is 0.146 e. The van der Waals surface area contributed by atoms with Crippen molar-refractivity contribution in [2.24, 2.45) is 0 Å². The van der Waals surface area contributed by atoms with Gasteiger partial charge in [-0.1, -0.05) is 0 Å². The van der Waals surface area contributed by atoms with E-state index in [4.69, 9.17) is 15.6 Å². The molecule has 0 aliphatic carbocycles. The molecule has 0 spiro atoms. The van der Waals surface area contributed by atoms with Crippen LogP contribution in [0, 0.1) is 5.21 Å². The van der Waals surface area contributed by atoms with Gasteiger partial charge in [0, 0.05) is 0 Å². The zero-order chi connectivity index (χ0) is 3.58. The summed E-state index contributed by atoms with van der Waals surface area (Å²) >= 11 is 0. The Bertz CT molecular complexity index is 8.00. The lowest BCUT2D eigenvalue weighted by atomic mass is 13.0. The largest absolute Gasteiger partial charge is 0.505 e. The first-order chi connectivity index (χ1) is 1.73. The van der Waals surface area contributed by atoms with E-state index in [1.807, 2.05) is 0 Å². The molecule has 1 radical (unpaired) electrons. The fourth-order valence-electron chi connectivity index (χ4n) is 0. The van der Waals surface area contributed by atoms with Gasteiger partial charge in [0.05, 0.1) is 0 Å². The van der Waals surface area contributed by atoms with Crippen molar-refractivity contribution >= 4 is 0 Å². The summed E-state index contributed by atoms with van der Waals surface area (Å²) in [5, 5.41) is 21.0. The lowest BCUT2D eigenvalue weighted by molar-refractivity contribution is -0.166. The van der Waals surface area contributed by atoms with Crippen molar-refractivity contribution in [1.82, 2.24) is 5.39 Å². The number of hydrogen-bond donors (Lipinski definition) is 2. The number of nitrogens with zero attached hydrogens (tertiary/aromatic N) is 1. The van der Waals surface area contributed by atoms with Crippen LogP contribution in [-0.2, 0) is 0 Å². The highest BCUT2D eigenvalue weighted by atomic mass is 17.0. The molecule has 2 N–H and O–H groups in total. The average Bonchev–Trinajstić information content (AvgIpc) is 0.811. The molecule has 0 aliphatic rings. The summed E-state index contributed by atoms with van der Waals surface area (Å²) in [7, 11) is 0. The lowest BCUT2D eigenvalue weighted by Crippen LogP contribution is -2.07. The van der Waals surface area contributed by atoms with Crippen LogP contribution < -0.4 is 5.39 Å². The van der Waals surface area contributed by atoms with Crippen molar-refractivity contribution < 1.29 is 10.4 Å². The fraction of sp³-hybridized carbons (Fsp3) is 0. The van der Waals surface area contributed by atoms with Crippen molar-refractivity contribution in [3.05, 3.63) is 5.21 Å². The minimum Gasteiger partial charge on any atom is -0.505 e. The van der Waals surface area contributed by atoms with Gasteiger partial charge in [0.15, 0.2) is 0 Å². The molecule has 0 amide bonds. The van der Waals surface area contributed by atoms with Crippen molar-refractivity contribution in [3.63, 3.8) is 0 Å². The molecule has 4 nitrogen and oxygen atoms in total. The maximum absolute atomic E-state index is 8.47. The third kappa shape index (κ3) is 50.7. The second kappa shape index (κ2) is 1.19. The average molecular weight is 64.0 g/mol. The SMILES string of the molecule is [O-][N+](O)O. The van der Waals surface area contributed by atoms with Gasteiger partial charge in [-0.05, 0) is 0 Å². The van der Waals surface area contributed by atoms with Crippen LogP contribution in [0.3, 0.4) is 0 Å². The predicted molar refractivity (Wildman–Crippen MR) is 9.07 cm³/mol. The number of rotatable bonds is 0. The van der Waals surface area contributed by atoms with E-state index in [1.54, 1.807) is 0 Å². The van der Waals surface area contributed by atoms with Crippen molar-refractivity contribution in [2.75, 3.05) is 0 Å². The first-order valence-electron chi connectivity index (χ1n) is 0.583. The van der Waals surface area contributed by atoms with Gasteiger partial charge < -0.3 is 5.21 Å². The van der Waals surface area contributed by atoms with Gasteiger partial charge in [0.2, 0.25) is 0 Å². The van der Waals surface area contributed by atoms with Gasteiger partial charge in [0.25, 0.3) is 0 Å². The Hall–Kier alpha value is -0.160. The fourth-order valence-corrected chi connectivity index (χ4v) is 0. The van der Waals surface area contributed by atoms with Crippen LogP contribution >= 0.6 is 0 Å². The molecule has 0 aliphatic heterocycles. The Morgan fingerprint density at radius 1 is 1.50 bits per heavy atom. The van der Waals surface area contributed by atoms with Gasteiger partial charge in [-0.3, -0.25) is 0 Å². The van der Waals surface area contributed by atoms with E-state index in [2.05, 4.69) is 0 Å². The highest BCUT2D eigenvalue weighted by Gasteiger charge is 1.70. The maximum atomic E-state index is 8.47. The molecule has 0 fully saturated rings. The molecule has 4 heteroatoms. The van der Waals surface area contributed by atoms with Gasteiger partial charge in [-0.2, -0.15) is 0 Å². The molecule has 25 valence electrons. The molecule has 0 heterocycles. The van der Waals surface area contributed by atoms with E-state index in [1.165, 1.54) is 0 Å². The standard InChI is InChI=1S/H2NO3/c2-1(3)4/h2-3H. The van der Waals surface area contributed by atoms with E-state index < -0.39 is 5.39 Å². The summed E-state index contributed by atoms with van der Waals surface area (Å²) in [6.07, 6.45) is 0. The van der Waals surface area contributed by atoms with Crippen LogP contribution in [0.2, 0.25) is 0 Å². The number of hydrogen-bond acceptors (Lipinski definition) is 4. The third-order valence-corrected chi connectivity index (χ3v) is 0. The molecular formula is H2NO3. The molecule has 0 aromatic carbocycles. The van der Waals surface area contributed by atoms with Gasteiger partial charge in [-0.15, -0.1) is 10.4 Å². The molecule has 0 unspecified atom stereocenters. The molecule has 0 bridgehead atoms. The summed E-state index contributed by atoms with van der Waals surface area (Å²) in [5.74, 6) is 0.